The maximum Gasteiger partial charge on any atom is 0.278 e. The molecule has 8 nitrogen and oxygen atoms in total. The van der Waals surface area contributed by atoms with E-state index >= 15 is 0 Å². The van der Waals surface area contributed by atoms with Gasteiger partial charge in [-0.25, -0.2) is 8.42 Å². The number of aromatic amines is 1. The van der Waals surface area contributed by atoms with Gasteiger partial charge in [0, 0.05) is 30.9 Å². The molecule has 1 spiro atoms. The lowest BCUT2D eigenvalue weighted by molar-refractivity contribution is -0.0435. The second-order valence-corrected chi connectivity index (χ2v) is 11.6. The topological polar surface area (TPSA) is 94.2 Å². The van der Waals surface area contributed by atoms with E-state index in [0.29, 0.717) is 19.0 Å². The van der Waals surface area contributed by atoms with Crippen molar-refractivity contribution in [2.45, 2.75) is 75.4 Å². The monoisotopic (exact) mass is 456 g/mol. The number of H-pyrrole nitrogens is 1. The number of benzene rings is 1. The molecule has 4 aliphatic rings. The van der Waals surface area contributed by atoms with Crippen molar-refractivity contribution in [3.05, 3.63) is 28.3 Å². The summed E-state index contributed by atoms with van der Waals surface area (Å²) in [6.07, 6.45) is 9.69. The quantitative estimate of drug-likeness (QED) is 0.719. The summed E-state index contributed by atoms with van der Waals surface area (Å²) < 4.78 is 28.1. The van der Waals surface area contributed by atoms with Crippen molar-refractivity contribution in [2.24, 2.45) is 0 Å². The van der Waals surface area contributed by atoms with Crippen LogP contribution in [0.3, 0.4) is 0 Å². The van der Waals surface area contributed by atoms with Crippen molar-refractivity contribution >= 4 is 21.7 Å². The Morgan fingerprint density at radius 2 is 1.66 bits per heavy atom. The third-order valence-electron chi connectivity index (χ3n) is 8.32. The van der Waals surface area contributed by atoms with Crippen molar-refractivity contribution in [1.82, 2.24) is 24.4 Å². The summed E-state index contributed by atoms with van der Waals surface area (Å²) in [4.78, 5) is 5.47. The van der Waals surface area contributed by atoms with Gasteiger partial charge in [0.1, 0.15) is 0 Å². The Morgan fingerprint density at radius 1 is 1.00 bits per heavy atom. The molecule has 2 N–H and O–H groups in total. The summed E-state index contributed by atoms with van der Waals surface area (Å²) in [6.45, 7) is 5.44. The van der Waals surface area contributed by atoms with Crippen LogP contribution in [0.4, 0.5) is 11.6 Å². The molecule has 0 bridgehead atoms. The van der Waals surface area contributed by atoms with Crippen LogP contribution < -0.4 is 5.32 Å². The Balaban J connectivity index is 1.21. The minimum Gasteiger partial charge on any atom is -0.324 e. The van der Waals surface area contributed by atoms with Gasteiger partial charge in [-0.1, -0.05) is 13.0 Å². The van der Waals surface area contributed by atoms with Gasteiger partial charge in [-0.15, -0.1) is 10.2 Å². The minimum absolute atomic E-state index is 0.0545. The highest BCUT2D eigenvalue weighted by atomic mass is 32.2. The SMILES string of the molecule is CCN1CCC12CCN(S(=O)(=O)c1nnc(Nc3c4c(cc5c3CCC5)CCC4)[nH]1)CC2. The van der Waals surface area contributed by atoms with E-state index in [9.17, 15) is 8.42 Å². The van der Waals surface area contributed by atoms with Gasteiger partial charge in [-0.05, 0) is 86.6 Å². The average Bonchev–Trinajstić information content (AvgIpc) is 3.54. The zero-order valence-corrected chi connectivity index (χ0v) is 19.6. The molecule has 172 valence electrons. The molecule has 2 fully saturated rings. The Kier molecular flexibility index (Phi) is 4.85. The lowest BCUT2D eigenvalue weighted by Gasteiger charge is -2.56. The first-order valence-corrected chi connectivity index (χ1v) is 13.6. The summed E-state index contributed by atoms with van der Waals surface area (Å²) in [5.74, 6) is 0.419. The summed E-state index contributed by atoms with van der Waals surface area (Å²) in [7, 11) is -3.67. The van der Waals surface area contributed by atoms with Gasteiger partial charge >= 0.3 is 0 Å². The first-order chi connectivity index (χ1) is 15.5. The van der Waals surface area contributed by atoms with E-state index in [2.05, 4.69) is 38.4 Å². The number of anilines is 2. The number of piperidine rings is 1. The molecule has 0 atom stereocenters. The first-order valence-electron chi connectivity index (χ1n) is 12.1. The predicted octanol–water partition coefficient (Wildman–Crippen LogP) is 2.77. The highest BCUT2D eigenvalue weighted by Crippen LogP contribution is 2.41. The Labute approximate surface area is 189 Å². The van der Waals surface area contributed by atoms with Crippen LogP contribution in [-0.2, 0) is 35.7 Å². The third-order valence-corrected chi connectivity index (χ3v) is 10.0. The molecule has 6 rings (SSSR count). The van der Waals surface area contributed by atoms with Gasteiger partial charge < -0.3 is 5.32 Å². The standard InChI is InChI=1S/C23H32N6O2S/c1-2-28-12-9-23(28)10-13-29(14-11-23)32(30,31)22-25-21(26-27-22)24-20-18-7-3-5-16(18)15-17-6-4-8-19(17)20/h15H,2-14H2,1H3,(H2,24,25,26,27). The number of hydrogen-bond acceptors (Lipinski definition) is 6. The van der Waals surface area contributed by atoms with Crippen molar-refractivity contribution in [3.63, 3.8) is 0 Å². The molecule has 2 aliphatic heterocycles. The fourth-order valence-electron chi connectivity index (χ4n) is 6.42. The van der Waals surface area contributed by atoms with Crippen LogP contribution in [0.15, 0.2) is 11.2 Å². The maximum atomic E-state index is 13.2. The molecule has 0 saturated carbocycles. The molecule has 1 aromatic heterocycles. The van der Waals surface area contributed by atoms with Crippen LogP contribution in [-0.4, -0.2) is 64.5 Å². The Hall–Kier alpha value is -1.97. The summed E-state index contributed by atoms with van der Waals surface area (Å²) in [6, 6.07) is 2.39. The van der Waals surface area contributed by atoms with E-state index in [-0.39, 0.29) is 10.7 Å². The van der Waals surface area contributed by atoms with Crippen molar-refractivity contribution in [2.75, 3.05) is 31.5 Å². The van der Waals surface area contributed by atoms with Gasteiger partial charge in [0.25, 0.3) is 15.2 Å². The van der Waals surface area contributed by atoms with Gasteiger partial charge in [0.2, 0.25) is 5.95 Å². The Bertz CT molecular complexity index is 1120. The largest absolute Gasteiger partial charge is 0.324 e. The second-order valence-electron chi connectivity index (χ2n) is 9.80. The van der Waals surface area contributed by atoms with Gasteiger partial charge in [-0.3, -0.25) is 9.88 Å². The second kappa shape index (κ2) is 7.53. The van der Waals surface area contributed by atoms with Crippen LogP contribution in [0, 0.1) is 0 Å². The van der Waals surface area contributed by atoms with E-state index in [1.165, 1.54) is 41.5 Å². The van der Waals surface area contributed by atoms with E-state index in [4.69, 9.17) is 0 Å². The maximum absolute atomic E-state index is 13.2. The highest BCUT2D eigenvalue weighted by molar-refractivity contribution is 7.88. The van der Waals surface area contributed by atoms with E-state index < -0.39 is 10.0 Å². The number of nitrogens with zero attached hydrogens (tertiary/aromatic N) is 4. The minimum atomic E-state index is -3.67. The summed E-state index contributed by atoms with van der Waals surface area (Å²) >= 11 is 0. The van der Waals surface area contributed by atoms with Crippen molar-refractivity contribution in [1.29, 1.82) is 0 Å². The van der Waals surface area contributed by atoms with Crippen molar-refractivity contribution < 1.29 is 8.42 Å². The first kappa shape index (κ1) is 20.6. The normalized spacial score (nSPS) is 22.7. The summed E-state index contributed by atoms with van der Waals surface area (Å²) in [5.41, 5.74) is 6.95. The van der Waals surface area contributed by atoms with E-state index in [1.807, 2.05) is 0 Å². The number of sulfonamides is 1. The van der Waals surface area contributed by atoms with E-state index in [0.717, 1.165) is 57.3 Å². The molecule has 2 aromatic rings. The number of nitrogens with one attached hydrogen (secondary N) is 2. The lowest BCUT2D eigenvalue weighted by atomic mass is 9.77. The van der Waals surface area contributed by atoms with Crippen molar-refractivity contribution in [3.8, 4) is 0 Å². The van der Waals surface area contributed by atoms with Crippen LogP contribution in [0.2, 0.25) is 0 Å². The molecule has 0 radical (unpaired) electrons. The molecule has 2 aliphatic carbocycles. The van der Waals surface area contributed by atoms with Crippen LogP contribution in [0.25, 0.3) is 0 Å². The molecule has 3 heterocycles. The van der Waals surface area contributed by atoms with E-state index in [1.54, 1.807) is 4.31 Å². The van der Waals surface area contributed by atoms with Gasteiger partial charge in [0.15, 0.2) is 0 Å². The predicted molar refractivity (Wildman–Crippen MR) is 123 cm³/mol. The number of aromatic nitrogens is 3. The zero-order valence-electron chi connectivity index (χ0n) is 18.8. The van der Waals surface area contributed by atoms with Crippen LogP contribution >= 0.6 is 0 Å². The van der Waals surface area contributed by atoms with Gasteiger partial charge in [-0.2, -0.15) is 4.31 Å². The lowest BCUT2D eigenvalue weighted by Crippen LogP contribution is -2.64. The molecular weight excluding hydrogens is 424 g/mol. The zero-order chi connectivity index (χ0) is 21.9. The number of likely N-dealkylation sites (tertiary alicyclic amines) is 1. The molecule has 0 amide bonds. The highest BCUT2D eigenvalue weighted by Gasteiger charge is 2.47. The van der Waals surface area contributed by atoms with Crippen LogP contribution in [0.5, 0.6) is 0 Å². The number of rotatable bonds is 5. The summed E-state index contributed by atoms with van der Waals surface area (Å²) in [5, 5.41) is 11.6. The Morgan fingerprint density at radius 3 is 2.25 bits per heavy atom. The molecule has 32 heavy (non-hydrogen) atoms. The number of aryl methyl sites for hydroxylation is 2. The fourth-order valence-corrected chi connectivity index (χ4v) is 7.69. The molecule has 1 aromatic carbocycles. The van der Waals surface area contributed by atoms with Gasteiger partial charge in [0.05, 0.1) is 0 Å². The third kappa shape index (κ3) is 3.12. The number of fused-ring (bicyclic) bond motifs is 2. The average molecular weight is 457 g/mol. The molecule has 0 unspecified atom stereocenters. The number of hydrogen-bond donors (Lipinski definition) is 2. The molecular formula is C23H32N6O2S. The van der Waals surface area contributed by atoms with Crippen LogP contribution in [0.1, 0.15) is 61.3 Å². The molecule has 2 saturated heterocycles. The fraction of sp³-hybridized carbons (Fsp3) is 0.652. The molecule has 9 heteroatoms. The smallest absolute Gasteiger partial charge is 0.278 e.